The zero-order valence-electron chi connectivity index (χ0n) is 8.37. The van der Waals surface area contributed by atoms with Gasteiger partial charge in [0.15, 0.2) is 5.82 Å². The molecule has 0 aliphatic heterocycles. The molecule has 0 spiro atoms. The van der Waals surface area contributed by atoms with Gasteiger partial charge in [-0.3, -0.25) is 0 Å². The van der Waals surface area contributed by atoms with Crippen LogP contribution in [0.1, 0.15) is 5.01 Å². The molecular weight excluding hydrogens is 222 g/mol. The van der Waals surface area contributed by atoms with Gasteiger partial charge in [-0.25, -0.2) is 9.67 Å². The van der Waals surface area contributed by atoms with Gasteiger partial charge in [-0.2, -0.15) is 0 Å². The Morgan fingerprint density at radius 1 is 1.31 bits per heavy atom. The maximum atomic E-state index is 5.50. The molecule has 6 heteroatoms. The van der Waals surface area contributed by atoms with Crippen LogP contribution < -0.4 is 5.73 Å². The molecule has 0 aliphatic carbocycles. The summed E-state index contributed by atoms with van der Waals surface area (Å²) >= 11 is 1.66. The molecule has 0 aliphatic rings. The van der Waals surface area contributed by atoms with E-state index in [1.807, 2.05) is 18.2 Å². The fraction of sp³-hybridized carbons (Fsp3) is 0.100. The molecule has 0 unspecified atom stereocenters. The molecule has 0 fully saturated rings. The minimum atomic E-state index is 0.432. The fourth-order valence-corrected chi connectivity index (χ4v) is 2.48. The highest BCUT2D eigenvalue weighted by Gasteiger charge is 2.04. The van der Waals surface area contributed by atoms with Crippen LogP contribution in [0.15, 0.2) is 30.5 Å². The number of anilines is 1. The maximum Gasteiger partial charge on any atom is 0.165 e. The molecule has 5 nitrogen and oxygen atoms in total. The predicted molar refractivity (Wildman–Crippen MR) is 63.2 cm³/mol. The summed E-state index contributed by atoms with van der Waals surface area (Å²) in [5.41, 5.74) is 6.52. The minimum Gasteiger partial charge on any atom is -0.381 e. The number of fused-ring (bicyclic) bond motifs is 1. The van der Waals surface area contributed by atoms with Crippen molar-refractivity contribution < 1.29 is 0 Å². The number of benzene rings is 1. The summed E-state index contributed by atoms with van der Waals surface area (Å²) < 4.78 is 2.87. The first-order valence-electron chi connectivity index (χ1n) is 4.81. The lowest BCUT2D eigenvalue weighted by Crippen LogP contribution is -1.99. The Hall–Kier alpha value is -1.95. The number of nitrogen functional groups attached to an aromatic ring is 1. The van der Waals surface area contributed by atoms with Crippen LogP contribution in [0.3, 0.4) is 0 Å². The second-order valence-corrected chi connectivity index (χ2v) is 4.53. The number of para-hydroxylation sites is 1. The van der Waals surface area contributed by atoms with Gasteiger partial charge < -0.3 is 5.73 Å². The van der Waals surface area contributed by atoms with Crippen molar-refractivity contribution in [2.75, 3.05) is 5.73 Å². The Morgan fingerprint density at radius 3 is 2.94 bits per heavy atom. The SMILES string of the molecule is Nc1cn(Cc2nc3ccccc3s2)nn1. The molecule has 80 valence electrons. The van der Waals surface area contributed by atoms with Crippen molar-refractivity contribution in [1.82, 2.24) is 20.0 Å². The first kappa shape index (κ1) is 9.29. The normalized spacial score (nSPS) is 11.0. The lowest BCUT2D eigenvalue weighted by Gasteiger charge is -1.93. The zero-order valence-corrected chi connectivity index (χ0v) is 9.18. The predicted octanol–water partition coefficient (Wildman–Crippen LogP) is 1.52. The van der Waals surface area contributed by atoms with E-state index in [4.69, 9.17) is 5.73 Å². The van der Waals surface area contributed by atoms with Crippen molar-refractivity contribution in [2.45, 2.75) is 6.54 Å². The molecule has 0 bridgehead atoms. The Kier molecular flexibility index (Phi) is 2.07. The molecule has 1 aromatic carbocycles. The number of nitrogens with two attached hydrogens (primary N) is 1. The number of nitrogens with zero attached hydrogens (tertiary/aromatic N) is 4. The molecule has 3 rings (SSSR count). The van der Waals surface area contributed by atoms with E-state index in [0.717, 1.165) is 10.5 Å². The first-order valence-corrected chi connectivity index (χ1v) is 5.63. The summed E-state index contributed by atoms with van der Waals surface area (Å²) in [7, 11) is 0. The molecular formula is C10H9N5S. The molecule has 16 heavy (non-hydrogen) atoms. The lowest BCUT2D eigenvalue weighted by molar-refractivity contribution is 0.648. The van der Waals surface area contributed by atoms with Gasteiger partial charge in [0.1, 0.15) is 5.01 Å². The van der Waals surface area contributed by atoms with Gasteiger partial charge in [-0.1, -0.05) is 17.3 Å². The van der Waals surface area contributed by atoms with Gasteiger partial charge in [0, 0.05) is 0 Å². The fourth-order valence-electron chi connectivity index (χ4n) is 1.52. The lowest BCUT2D eigenvalue weighted by atomic mass is 10.3. The molecule has 2 aromatic heterocycles. The van der Waals surface area contributed by atoms with E-state index in [0.29, 0.717) is 12.4 Å². The summed E-state index contributed by atoms with van der Waals surface area (Å²) in [5.74, 6) is 0.432. The van der Waals surface area contributed by atoms with Gasteiger partial charge in [-0.15, -0.1) is 16.4 Å². The van der Waals surface area contributed by atoms with Crippen LogP contribution in [0.25, 0.3) is 10.2 Å². The van der Waals surface area contributed by atoms with E-state index < -0.39 is 0 Å². The zero-order chi connectivity index (χ0) is 11.0. The van der Waals surface area contributed by atoms with E-state index in [1.54, 1.807) is 22.2 Å². The maximum absolute atomic E-state index is 5.50. The average molecular weight is 231 g/mol. The third-order valence-corrected chi connectivity index (χ3v) is 3.21. The number of rotatable bonds is 2. The average Bonchev–Trinajstić information content (AvgIpc) is 2.84. The quantitative estimate of drug-likeness (QED) is 0.726. The Balaban J connectivity index is 1.95. The second-order valence-electron chi connectivity index (χ2n) is 3.42. The Bertz CT molecular complexity index is 594. The van der Waals surface area contributed by atoms with Crippen LogP contribution in [0.5, 0.6) is 0 Å². The molecule has 2 N–H and O–H groups in total. The van der Waals surface area contributed by atoms with Gasteiger partial charge in [0.05, 0.1) is 23.0 Å². The highest BCUT2D eigenvalue weighted by Crippen LogP contribution is 2.21. The molecule has 0 saturated carbocycles. The number of aromatic nitrogens is 4. The highest BCUT2D eigenvalue weighted by molar-refractivity contribution is 7.18. The summed E-state index contributed by atoms with van der Waals surface area (Å²) in [6.45, 7) is 0.615. The Labute approximate surface area is 95.5 Å². The number of thiazole rings is 1. The minimum absolute atomic E-state index is 0.432. The Morgan fingerprint density at radius 2 is 2.19 bits per heavy atom. The smallest absolute Gasteiger partial charge is 0.165 e. The van der Waals surface area contributed by atoms with Gasteiger partial charge >= 0.3 is 0 Å². The van der Waals surface area contributed by atoms with Crippen LogP contribution >= 0.6 is 11.3 Å². The molecule has 0 amide bonds. The largest absolute Gasteiger partial charge is 0.381 e. The molecule has 0 atom stereocenters. The van der Waals surface area contributed by atoms with Crippen LogP contribution in [0, 0.1) is 0 Å². The third kappa shape index (κ3) is 1.63. The topological polar surface area (TPSA) is 69.6 Å². The molecule has 3 aromatic rings. The monoisotopic (exact) mass is 231 g/mol. The van der Waals surface area contributed by atoms with E-state index >= 15 is 0 Å². The van der Waals surface area contributed by atoms with Gasteiger partial charge in [0.25, 0.3) is 0 Å². The highest BCUT2D eigenvalue weighted by atomic mass is 32.1. The van der Waals surface area contributed by atoms with Crippen LogP contribution in [0.4, 0.5) is 5.82 Å². The summed E-state index contributed by atoms with van der Waals surface area (Å²) in [6, 6.07) is 8.06. The van der Waals surface area contributed by atoms with Crippen molar-refractivity contribution in [3.63, 3.8) is 0 Å². The summed E-state index contributed by atoms with van der Waals surface area (Å²) in [6.07, 6.45) is 1.70. The van der Waals surface area contributed by atoms with Crippen molar-refractivity contribution >= 4 is 27.4 Å². The standard InChI is InChI=1S/C10H9N5S/c11-9-5-15(14-13-9)6-10-12-7-3-1-2-4-8(7)16-10/h1-5H,6,11H2. The third-order valence-electron chi connectivity index (χ3n) is 2.19. The van der Waals surface area contributed by atoms with Crippen molar-refractivity contribution in [3.05, 3.63) is 35.5 Å². The van der Waals surface area contributed by atoms with Crippen molar-refractivity contribution in [2.24, 2.45) is 0 Å². The van der Waals surface area contributed by atoms with Crippen molar-refractivity contribution in [1.29, 1.82) is 0 Å². The van der Waals surface area contributed by atoms with Crippen LogP contribution in [-0.4, -0.2) is 20.0 Å². The first-order chi connectivity index (χ1) is 7.81. The van der Waals surface area contributed by atoms with E-state index in [1.165, 1.54) is 4.70 Å². The van der Waals surface area contributed by atoms with Gasteiger partial charge in [-0.05, 0) is 12.1 Å². The molecule has 2 heterocycles. The number of hydrogen-bond acceptors (Lipinski definition) is 5. The number of hydrogen-bond donors (Lipinski definition) is 1. The van der Waals surface area contributed by atoms with Crippen LogP contribution in [0.2, 0.25) is 0 Å². The summed E-state index contributed by atoms with van der Waals surface area (Å²) in [4.78, 5) is 4.51. The van der Waals surface area contributed by atoms with Crippen LogP contribution in [-0.2, 0) is 6.54 Å². The van der Waals surface area contributed by atoms with E-state index in [9.17, 15) is 0 Å². The summed E-state index contributed by atoms with van der Waals surface area (Å²) in [5, 5.41) is 8.63. The molecule has 0 radical (unpaired) electrons. The van der Waals surface area contributed by atoms with Crippen molar-refractivity contribution in [3.8, 4) is 0 Å². The van der Waals surface area contributed by atoms with E-state index in [2.05, 4.69) is 21.4 Å². The molecule has 0 saturated heterocycles. The van der Waals surface area contributed by atoms with E-state index in [-0.39, 0.29) is 0 Å². The second kappa shape index (κ2) is 3.57. The van der Waals surface area contributed by atoms with Gasteiger partial charge in [0.2, 0.25) is 0 Å².